The summed E-state index contributed by atoms with van der Waals surface area (Å²) in [6.45, 7) is 0. The summed E-state index contributed by atoms with van der Waals surface area (Å²) in [5, 5.41) is 3.77. The lowest BCUT2D eigenvalue weighted by Gasteiger charge is -2.04. The highest BCUT2D eigenvalue weighted by Crippen LogP contribution is 2.23. The molecule has 0 unspecified atom stereocenters. The molecule has 0 saturated carbocycles. The van der Waals surface area contributed by atoms with E-state index in [0.29, 0.717) is 10.0 Å². The fourth-order valence-corrected chi connectivity index (χ4v) is 2.35. The van der Waals surface area contributed by atoms with Gasteiger partial charge >= 0.3 is 0 Å². The van der Waals surface area contributed by atoms with E-state index in [1.54, 1.807) is 24.3 Å². The quantitative estimate of drug-likeness (QED) is 0.536. The first-order valence-corrected chi connectivity index (χ1v) is 7.58. The Hall–Kier alpha value is -1.04. The number of rotatable bonds is 3. The fraction of sp³-hybridized carbons (Fsp3) is 0. The second-order valence-corrected chi connectivity index (χ2v) is 5.95. The van der Waals surface area contributed by atoms with Crippen LogP contribution >= 0.6 is 45.8 Å². The highest BCUT2D eigenvalue weighted by Gasteiger charge is 2.02. The summed E-state index contributed by atoms with van der Waals surface area (Å²) in [4.78, 5) is 11.8. The van der Waals surface area contributed by atoms with Gasteiger partial charge in [-0.05, 0) is 58.5 Å². The summed E-state index contributed by atoms with van der Waals surface area (Å²) in [7, 11) is 0. The molecule has 0 radical (unpaired) electrons. The lowest BCUT2D eigenvalue weighted by molar-refractivity contribution is -0.111. The molecule has 0 spiro atoms. The van der Waals surface area contributed by atoms with Crippen molar-refractivity contribution in [1.29, 1.82) is 0 Å². The fourth-order valence-electron chi connectivity index (χ4n) is 1.52. The van der Waals surface area contributed by atoms with E-state index >= 15 is 0 Å². The zero-order chi connectivity index (χ0) is 14.5. The molecule has 0 aromatic heterocycles. The molecular formula is C15H10Cl2INO. The molecule has 0 aliphatic rings. The van der Waals surface area contributed by atoms with E-state index in [2.05, 4.69) is 27.9 Å². The molecule has 2 aromatic carbocycles. The van der Waals surface area contributed by atoms with Crippen LogP contribution in [0, 0.1) is 3.57 Å². The zero-order valence-electron chi connectivity index (χ0n) is 10.2. The van der Waals surface area contributed by atoms with E-state index in [0.717, 1.165) is 14.8 Å². The van der Waals surface area contributed by atoms with Crippen molar-refractivity contribution in [3.63, 3.8) is 0 Å². The van der Waals surface area contributed by atoms with Gasteiger partial charge in [0.15, 0.2) is 0 Å². The topological polar surface area (TPSA) is 29.1 Å². The van der Waals surface area contributed by atoms with Crippen LogP contribution in [0.3, 0.4) is 0 Å². The van der Waals surface area contributed by atoms with E-state index in [9.17, 15) is 4.79 Å². The number of amides is 1. The average molecular weight is 418 g/mol. The number of anilines is 1. The molecular weight excluding hydrogens is 408 g/mol. The standard InChI is InChI=1S/C15H10Cl2INO/c16-11-7-5-10(9-12(11)17)6-8-15(20)19-14-4-2-1-3-13(14)18/h1-9H,(H,19,20)/b8-6+. The number of hydrogen-bond donors (Lipinski definition) is 1. The maximum Gasteiger partial charge on any atom is 0.248 e. The Morgan fingerprint density at radius 1 is 1.10 bits per heavy atom. The third kappa shape index (κ3) is 4.23. The Morgan fingerprint density at radius 3 is 2.55 bits per heavy atom. The number of halogens is 3. The molecule has 1 N–H and O–H groups in total. The molecule has 5 heteroatoms. The molecule has 0 fully saturated rings. The van der Waals surface area contributed by atoms with E-state index < -0.39 is 0 Å². The van der Waals surface area contributed by atoms with E-state index in [1.807, 2.05) is 24.3 Å². The lowest BCUT2D eigenvalue weighted by Crippen LogP contribution is -2.08. The van der Waals surface area contributed by atoms with Crippen LogP contribution in [0.15, 0.2) is 48.5 Å². The zero-order valence-corrected chi connectivity index (χ0v) is 13.9. The third-order valence-electron chi connectivity index (χ3n) is 2.50. The Morgan fingerprint density at radius 2 is 1.85 bits per heavy atom. The monoisotopic (exact) mass is 417 g/mol. The normalized spacial score (nSPS) is 10.8. The van der Waals surface area contributed by atoms with Gasteiger partial charge in [0.1, 0.15) is 0 Å². The first-order chi connectivity index (χ1) is 9.56. The molecule has 0 aliphatic carbocycles. The van der Waals surface area contributed by atoms with Crippen molar-refractivity contribution in [2.24, 2.45) is 0 Å². The Balaban J connectivity index is 2.06. The van der Waals surface area contributed by atoms with Crippen LogP contribution in [0.2, 0.25) is 10.0 Å². The van der Waals surface area contributed by atoms with Gasteiger partial charge in [0.05, 0.1) is 15.7 Å². The molecule has 0 bridgehead atoms. The Bertz CT molecular complexity index is 671. The van der Waals surface area contributed by atoms with Crippen LogP contribution in [-0.4, -0.2) is 5.91 Å². The van der Waals surface area contributed by atoms with Crippen molar-refractivity contribution < 1.29 is 4.79 Å². The molecule has 0 atom stereocenters. The van der Waals surface area contributed by atoms with E-state index in [4.69, 9.17) is 23.2 Å². The minimum Gasteiger partial charge on any atom is -0.322 e. The molecule has 0 saturated heterocycles. The largest absolute Gasteiger partial charge is 0.322 e. The van der Waals surface area contributed by atoms with Crippen molar-refractivity contribution in [2.45, 2.75) is 0 Å². The number of carbonyl (C=O) groups excluding carboxylic acids is 1. The number of para-hydroxylation sites is 1. The lowest BCUT2D eigenvalue weighted by atomic mass is 10.2. The van der Waals surface area contributed by atoms with E-state index in [1.165, 1.54) is 6.08 Å². The molecule has 0 aliphatic heterocycles. The SMILES string of the molecule is O=C(/C=C/c1ccc(Cl)c(Cl)c1)Nc1ccccc1I. The second-order valence-electron chi connectivity index (χ2n) is 3.98. The van der Waals surface area contributed by atoms with Crippen molar-refractivity contribution >= 4 is 63.5 Å². The predicted molar refractivity (Wildman–Crippen MR) is 93.3 cm³/mol. The molecule has 2 rings (SSSR count). The maximum absolute atomic E-state index is 11.8. The van der Waals surface area contributed by atoms with Gasteiger partial charge in [0.2, 0.25) is 5.91 Å². The summed E-state index contributed by atoms with van der Waals surface area (Å²) in [5.41, 5.74) is 1.61. The minimum absolute atomic E-state index is 0.194. The van der Waals surface area contributed by atoms with Crippen LogP contribution in [0.25, 0.3) is 6.08 Å². The first kappa shape index (κ1) is 15.4. The van der Waals surface area contributed by atoms with Gasteiger partial charge in [-0.1, -0.05) is 41.4 Å². The average Bonchev–Trinajstić information content (AvgIpc) is 2.43. The van der Waals surface area contributed by atoms with Crippen LogP contribution in [0.1, 0.15) is 5.56 Å². The number of benzene rings is 2. The van der Waals surface area contributed by atoms with Gasteiger partial charge in [-0.3, -0.25) is 4.79 Å². The number of hydrogen-bond acceptors (Lipinski definition) is 1. The highest BCUT2D eigenvalue weighted by molar-refractivity contribution is 14.1. The van der Waals surface area contributed by atoms with Gasteiger partial charge < -0.3 is 5.32 Å². The summed E-state index contributed by atoms with van der Waals surface area (Å²) in [5.74, 6) is -0.194. The van der Waals surface area contributed by atoms with Gasteiger partial charge in [-0.15, -0.1) is 0 Å². The van der Waals surface area contributed by atoms with Crippen LogP contribution in [-0.2, 0) is 4.79 Å². The molecule has 2 nitrogen and oxygen atoms in total. The number of carbonyl (C=O) groups is 1. The van der Waals surface area contributed by atoms with Crippen LogP contribution < -0.4 is 5.32 Å². The molecule has 102 valence electrons. The van der Waals surface area contributed by atoms with Crippen LogP contribution in [0.5, 0.6) is 0 Å². The Labute approximate surface area is 140 Å². The molecule has 20 heavy (non-hydrogen) atoms. The predicted octanol–water partition coefficient (Wildman–Crippen LogP) is 5.25. The first-order valence-electron chi connectivity index (χ1n) is 5.75. The van der Waals surface area contributed by atoms with Gasteiger partial charge in [0, 0.05) is 9.65 Å². The highest BCUT2D eigenvalue weighted by atomic mass is 127. The smallest absolute Gasteiger partial charge is 0.248 e. The van der Waals surface area contributed by atoms with Crippen molar-refractivity contribution in [1.82, 2.24) is 0 Å². The van der Waals surface area contributed by atoms with Crippen molar-refractivity contribution in [2.75, 3.05) is 5.32 Å². The summed E-state index contributed by atoms with van der Waals surface area (Å²) in [6.07, 6.45) is 3.15. The molecule has 1 amide bonds. The summed E-state index contributed by atoms with van der Waals surface area (Å²) in [6, 6.07) is 12.8. The van der Waals surface area contributed by atoms with Crippen LogP contribution in [0.4, 0.5) is 5.69 Å². The van der Waals surface area contributed by atoms with Gasteiger partial charge in [-0.25, -0.2) is 0 Å². The third-order valence-corrected chi connectivity index (χ3v) is 4.18. The molecule has 0 heterocycles. The van der Waals surface area contributed by atoms with Crippen molar-refractivity contribution in [3.8, 4) is 0 Å². The molecule has 2 aromatic rings. The maximum atomic E-state index is 11.8. The second kappa shape index (κ2) is 7.11. The Kier molecular flexibility index (Phi) is 5.46. The van der Waals surface area contributed by atoms with Crippen molar-refractivity contribution in [3.05, 3.63) is 67.7 Å². The number of nitrogens with one attached hydrogen (secondary N) is 1. The van der Waals surface area contributed by atoms with E-state index in [-0.39, 0.29) is 5.91 Å². The van der Waals surface area contributed by atoms with Gasteiger partial charge in [0.25, 0.3) is 0 Å². The summed E-state index contributed by atoms with van der Waals surface area (Å²) >= 11 is 13.9. The summed E-state index contributed by atoms with van der Waals surface area (Å²) < 4.78 is 0.987. The van der Waals surface area contributed by atoms with Gasteiger partial charge in [-0.2, -0.15) is 0 Å². The minimum atomic E-state index is -0.194.